The van der Waals surface area contributed by atoms with Crippen molar-refractivity contribution in [1.29, 1.82) is 0 Å². The molecular formula is C17H15NO4. The number of aliphatic carboxylic acids is 1. The van der Waals surface area contributed by atoms with Gasteiger partial charge in [-0.2, -0.15) is 0 Å². The van der Waals surface area contributed by atoms with E-state index in [1.54, 1.807) is 36.4 Å². The van der Waals surface area contributed by atoms with E-state index in [1.165, 1.54) is 4.90 Å². The predicted molar refractivity (Wildman–Crippen MR) is 81.3 cm³/mol. The van der Waals surface area contributed by atoms with E-state index in [4.69, 9.17) is 4.74 Å². The summed E-state index contributed by atoms with van der Waals surface area (Å²) in [5.74, 6) is -0.903. The molecule has 1 atom stereocenters. The molecule has 0 aromatic heterocycles. The summed E-state index contributed by atoms with van der Waals surface area (Å²) in [6, 6.07) is 14.2. The van der Waals surface area contributed by atoms with E-state index in [9.17, 15) is 14.7 Å². The van der Waals surface area contributed by atoms with Crippen molar-refractivity contribution in [3.05, 3.63) is 59.7 Å². The molecule has 22 heavy (non-hydrogen) atoms. The van der Waals surface area contributed by atoms with Crippen molar-refractivity contribution in [3.63, 3.8) is 0 Å². The number of carboxylic acid groups (broad SMARTS) is 1. The lowest BCUT2D eigenvalue weighted by molar-refractivity contribution is -0.144. The number of amides is 1. The van der Waals surface area contributed by atoms with Gasteiger partial charge in [-0.25, -0.2) is 4.79 Å². The number of rotatable bonds is 2. The molecule has 2 aromatic rings. The van der Waals surface area contributed by atoms with Gasteiger partial charge in [0.1, 0.15) is 5.75 Å². The fourth-order valence-electron chi connectivity index (χ4n) is 2.51. The summed E-state index contributed by atoms with van der Waals surface area (Å²) in [4.78, 5) is 25.6. The van der Waals surface area contributed by atoms with Crippen LogP contribution in [-0.4, -0.2) is 29.6 Å². The topological polar surface area (TPSA) is 66.8 Å². The molecule has 1 amide bonds. The minimum atomic E-state index is -1.09. The van der Waals surface area contributed by atoms with Gasteiger partial charge in [-0.05, 0) is 30.7 Å². The summed E-state index contributed by atoms with van der Waals surface area (Å²) in [5.41, 5.74) is 2.00. The fourth-order valence-corrected chi connectivity index (χ4v) is 2.51. The van der Waals surface area contributed by atoms with Crippen LogP contribution in [-0.2, 0) is 4.79 Å². The minimum absolute atomic E-state index is 0.0144. The Morgan fingerprint density at radius 1 is 1.14 bits per heavy atom. The first-order valence-corrected chi connectivity index (χ1v) is 6.94. The molecule has 5 nitrogen and oxygen atoms in total. The third-order valence-corrected chi connectivity index (χ3v) is 3.67. The van der Waals surface area contributed by atoms with Crippen molar-refractivity contribution in [3.8, 4) is 5.75 Å². The van der Waals surface area contributed by atoms with Crippen molar-refractivity contribution in [2.45, 2.75) is 13.0 Å². The van der Waals surface area contributed by atoms with Gasteiger partial charge in [-0.3, -0.25) is 4.79 Å². The number of para-hydroxylation sites is 2. The molecule has 0 fully saturated rings. The van der Waals surface area contributed by atoms with Crippen LogP contribution in [0.1, 0.15) is 15.9 Å². The molecule has 3 rings (SSSR count). The Kier molecular flexibility index (Phi) is 3.55. The van der Waals surface area contributed by atoms with Gasteiger partial charge in [0, 0.05) is 5.56 Å². The lowest BCUT2D eigenvalue weighted by Gasteiger charge is -2.33. The van der Waals surface area contributed by atoms with Crippen LogP contribution in [0.4, 0.5) is 5.69 Å². The summed E-state index contributed by atoms with van der Waals surface area (Å²) in [6.45, 7) is 1.84. The van der Waals surface area contributed by atoms with Gasteiger partial charge in [-0.15, -0.1) is 0 Å². The van der Waals surface area contributed by atoms with E-state index in [0.29, 0.717) is 17.0 Å². The van der Waals surface area contributed by atoms with Crippen LogP contribution in [0, 0.1) is 6.92 Å². The number of nitrogens with zero attached hydrogens (tertiary/aromatic N) is 1. The highest BCUT2D eigenvalue weighted by atomic mass is 16.5. The molecule has 0 bridgehead atoms. The monoisotopic (exact) mass is 297 g/mol. The van der Waals surface area contributed by atoms with Gasteiger partial charge in [0.15, 0.2) is 0 Å². The number of carboxylic acids is 1. The lowest BCUT2D eigenvalue weighted by atomic mass is 10.1. The number of hydrogen-bond acceptors (Lipinski definition) is 3. The molecule has 0 unspecified atom stereocenters. The lowest BCUT2D eigenvalue weighted by Crippen LogP contribution is -2.47. The minimum Gasteiger partial charge on any atom is -0.478 e. The number of carbonyl (C=O) groups is 2. The Balaban J connectivity index is 2.03. The first-order valence-electron chi connectivity index (χ1n) is 6.94. The molecule has 0 spiro atoms. The Morgan fingerprint density at radius 3 is 2.55 bits per heavy atom. The maximum Gasteiger partial charge on any atom is 0.346 e. The fraction of sp³-hybridized carbons (Fsp3) is 0.176. The Bertz CT molecular complexity index is 741. The summed E-state index contributed by atoms with van der Waals surface area (Å²) in [6.07, 6.45) is -1.07. The number of hydrogen-bond donors (Lipinski definition) is 1. The highest BCUT2D eigenvalue weighted by molar-refractivity contribution is 6.08. The third kappa shape index (κ3) is 2.41. The quantitative estimate of drug-likeness (QED) is 0.924. The molecule has 2 aromatic carbocycles. The largest absolute Gasteiger partial charge is 0.478 e. The molecule has 1 heterocycles. The van der Waals surface area contributed by atoms with E-state index in [-0.39, 0.29) is 12.5 Å². The highest BCUT2D eigenvalue weighted by Gasteiger charge is 2.34. The second kappa shape index (κ2) is 5.52. The molecule has 0 saturated carbocycles. The van der Waals surface area contributed by atoms with Crippen molar-refractivity contribution in [2.75, 3.05) is 11.4 Å². The van der Waals surface area contributed by atoms with Crippen LogP contribution in [0.3, 0.4) is 0 Å². The van der Waals surface area contributed by atoms with Gasteiger partial charge < -0.3 is 14.7 Å². The van der Waals surface area contributed by atoms with Gasteiger partial charge >= 0.3 is 5.97 Å². The molecule has 0 saturated heterocycles. The maximum atomic E-state index is 12.8. The zero-order chi connectivity index (χ0) is 15.7. The summed E-state index contributed by atoms with van der Waals surface area (Å²) in [5, 5.41) is 9.23. The second-order valence-electron chi connectivity index (χ2n) is 5.14. The maximum absolute atomic E-state index is 12.8. The second-order valence-corrected chi connectivity index (χ2v) is 5.14. The number of aryl methyl sites for hydroxylation is 1. The normalized spacial score (nSPS) is 16.6. The van der Waals surface area contributed by atoms with Gasteiger partial charge in [0.2, 0.25) is 6.10 Å². The molecule has 1 aliphatic heterocycles. The van der Waals surface area contributed by atoms with Crippen LogP contribution < -0.4 is 9.64 Å². The van der Waals surface area contributed by atoms with Crippen LogP contribution in [0.25, 0.3) is 0 Å². The van der Waals surface area contributed by atoms with Crippen LogP contribution in [0.5, 0.6) is 5.75 Å². The van der Waals surface area contributed by atoms with Crippen molar-refractivity contribution >= 4 is 17.6 Å². The Labute approximate surface area is 127 Å². The van der Waals surface area contributed by atoms with E-state index in [2.05, 4.69) is 0 Å². The molecule has 112 valence electrons. The average molecular weight is 297 g/mol. The summed E-state index contributed by atoms with van der Waals surface area (Å²) >= 11 is 0. The van der Waals surface area contributed by atoms with Gasteiger partial charge in [0.25, 0.3) is 5.91 Å². The molecular weight excluding hydrogens is 282 g/mol. The average Bonchev–Trinajstić information content (AvgIpc) is 2.53. The van der Waals surface area contributed by atoms with E-state index in [1.807, 2.05) is 19.1 Å². The first kappa shape index (κ1) is 14.1. The highest BCUT2D eigenvalue weighted by Crippen LogP contribution is 2.34. The molecule has 1 N–H and O–H groups in total. The SMILES string of the molecule is Cc1ccccc1C(=O)N1C[C@H](C(=O)O)Oc2ccccc21. The zero-order valence-electron chi connectivity index (χ0n) is 12.0. The van der Waals surface area contributed by atoms with Crippen LogP contribution in [0.15, 0.2) is 48.5 Å². The van der Waals surface area contributed by atoms with Crippen molar-refractivity contribution < 1.29 is 19.4 Å². The zero-order valence-corrected chi connectivity index (χ0v) is 12.0. The van der Waals surface area contributed by atoms with Crippen LogP contribution >= 0.6 is 0 Å². The number of benzene rings is 2. The summed E-state index contributed by atoms with van der Waals surface area (Å²) < 4.78 is 5.45. The molecule has 0 aliphatic carbocycles. The van der Waals surface area contributed by atoms with Crippen LogP contribution in [0.2, 0.25) is 0 Å². The first-order chi connectivity index (χ1) is 10.6. The number of fused-ring (bicyclic) bond motifs is 1. The molecule has 1 aliphatic rings. The van der Waals surface area contributed by atoms with E-state index in [0.717, 1.165) is 5.56 Å². The van der Waals surface area contributed by atoms with Gasteiger partial charge in [-0.1, -0.05) is 30.3 Å². The number of carbonyl (C=O) groups excluding carboxylic acids is 1. The predicted octanol–water partition coefficient (Wildman–Crippen LogP) is 2.49. The standard InChI is InChI=1S/C17H15NO4/c1-11-6-2-3-7-12(11)16(19)18-10-15(17(20)21)22-14-9-5-4-8-13(14)18/h2-9,15H,10H2,1H3,(H,20,21)/t15-/m1/s1. The van der Waals surface area contributed by atoms with Gasteiger partial charge in [0.05, 0.1) is 12.2 Å². The summed E-state index contributed by atoms with van der Waals surface area (Å²) in [7, 11) is 0. The molecule has 0 radical (unpaired) electrons. The van der Waals surface area contributed by atoms with Crippen molar-refractivity contribution in [2.24, 2.45) is 0 Å². The van der Waals surface area contributed by atoms with Crippen molar-refractivity contribution in [1.82, 2.24) is 0 Å². The smallest absolute Gasteiger partial charge is 0.346 e. The molecule has 5 heteroatoms. The van der Waals surface area contributed by atoms with E-state index < -0.39 is 12.1 Å². The third-order valence-electron chi connectivity index (χ3n) is 3.67. The Hall–Kier alpha value is -2.82. The van der Waals surface area contributed by atoms with E-state index >= 15 is 0 Å². The Morgan fingerprint density at radius 2 is 1.82 bits per heavy atom. The number of ether oxygens (including phenoxy) is 1. The number of anilines is 1.